The van der Waals surface area contributed by atoms with Crippen LogP contribution in [0.5, 0.6) is 0 Å². The molecule has 0 aromatic heterocycles. The summed E-state index contributed by atoms with van der Waals surface area (Å²) in [5.41, 5.74) is 0.439. The second kappa shape index (κ2) is 3.33. The monoisotopic (exact) mass is 173 g/mol. The molecule has 1 heterocycles. The molecule has 0 bridgehead atoms. The summed E-state index contributed by atoms with van der Waals surface area (Å²) in [4.78, 5) is 2.20. The zero-order valence-electron chi connectivity index (χ0n) is 8.60. The molecule has 0 spiro atoms. The van der Waals surface area contributed by atoms with Crippen LogP contribution in [0.15, 0.2) is 0 Å². The Bertz CT molecular complexity index is 148. The van der Waals surface area contributed by atoms with Crippen molar-refractivity contribution in [3.63, 3.8) is 0 Å². The van der Waals surface area contributed by atoms with E-state index in [1.807, 2.05) is 0 Å². The quantitative estimate of drug-likeness (QED) is 0.633. The van der Waals surface area contributed by atoms with Gasteiger partial charge in [0.1, 0.15) is 6.17 Å². The lowest BCUT2D eigenvalue weighted by atomic mass is 9.72. The number of likely N-dealkylation sites (tertiary alicyclic amines) is 1. The van der Waals surface area contributed by atoms with Crippen LogP contribution in [0, 0.1) is 11.3 Å². The molecule has 0 aliphatic carbocycles. The van der Waals surface area contributed by atoms with E-state index in [0.29, 0.717) is 17.9 Å². The largest absolute Gasteiger partial charge is 0.299 e. The molecule has 0 aromatic carbocycles. The van der Waals surface area contributed by atoms with Crippen molar-refractivity contribution in [2.75, 3.05) is 19.6 Å². The minimum atomic E-state index is -0.679. The smallest absolute Gasteiger partial charge is 0.110 e. The van der Waals surface area contributed by atoms with Crippen molar-refractivity contribution < 1.29 is 4.39 Å². The third kappa shape index (κ3) is 1.98. The fraction of sp³-hybridized carbons (Fsp3) is 1.00. The third-order valence-electron chi connectivity index (χ3n) is 3.07. The van der Waals surface area contributed by atoms with E-state index in [4.69, 9.17) is 0 Å². The van der Waals surface area contributed by atoms with E-state index in [-0.39, 0.29) is 0 Å². The molecule has 0 aromatic rings. The number of alkyl halides is 1. The first-order chi connectivity index (χ1) is 5.44. The summed E-state index contributed by atoms with van der Waals surface area (Å²) in [5.74, 6) is 0.712. The molecule has 0 N–H and O–H groups in total. The van der Waals surface area contributed by atoms with E-state index in [0.717, 1.165) is 13.1 Å². The van der Waals surface area contributed by atoms with Crippen LogP contribution in [0.2, 0.25) is 0 Å². The van der Waals surface area contributed by atoms with Crippen molar-refractivity contribution in [3.05, 3.63) is 0 Å². The Morgan fingerprint density at radius 3 is 2.17 bits per heavy atom. The van der Waals surface area contributed by atoms with Gasteiger partial charge in [0.15, 0.2) is 0 Å². The maximum Gasteiger partial charge on any atom is 0.110 e. The van der Waals surface area contributed by atoms with Gasteiger partial charge >= 0.3 is 0 Å². The zero-order valence-corrected chi connectivity index (χ0v) is 8.60. The van der Waals surface area contributed by atoms with Gasteiger partial charge in [-0.3, -0.25) is 4.90 Å². The SMILES string of the molecule is CC(F)CN1CC(C)(C(C)C)C1. The molecule has 12 heavy (non-hydrogen) atoms. The van der Waals surface area contributed by atoms with Crippen LogP contribution < -0.4 is 0 Å². The lowest BCUT2D eigenvalue weighted by Crippen LogP contribution is -2.58. The van der Waals surface area contributed by atoms with Crippen LogP contribution in [0.25, 0.3) is 0 Å². The number of hydrogen-bond donors (Lipinski definition) is 0. The van der Waals surface area contributed by atoms with E-state index in [9.17, 15) is 4.39 Å². The normalized spacial score (nSPS) is 25.5. The van der Waals surface area contributed by atoms with Crippen molar-refractivity contribution >= 4 is 0 Å². The Balaban J connectivity index is 2.27. The van der Waals surface area contributed by atoms with Gasteiger partial charge in [-0.2, -0.15) is 0 Å². The van der Waals surface area contributed by atoms with Crippen LogP contribution in [0.1, 0.15) is 27.7 Å². The molecule has 0 radical (unpaired) electrons. The molecule has 1 saturated heterocycles. The van der Waals surface area contributed by atoms with Crippen molar-refractivity contribution in [1.29, 1.82) is 0 Å². The molecule has 1 unspecified atom stereocenters. The molecule has 72 valence electrons. The molecular weight excluding hydrogens is 153 g/mol. The summed E-state index contributed by atoms with van der Waals surface area (Å²) in [6, 6.07) is 0. The number of halogens is 1. The Morgan fingerprint density at radius 1 is 1.33 bits per heavy atom. The van der Waals surface area contributed by atoms with Crippen molar-refractivity contribution in [1.82, 2.24) is 4.90 Å². The summed E-state index contributed by atoms with van der Waals surface area (Å²) in [6.45, 7) is 11.2. The predicted molar refractivity (Wildman–Crippen MR) is 50.0 cm³/mol. The average molecular weight is 173 g/mol. The summed E-state index contributed by atoms with van der Waals surface area (Å²) < 4.78 is 12.6. The molecule has 1 aliphatic heterocycles. The summed E-state index contributed by atoms with van der Waals surface area (Å²) in [5, 5.41) is 0. The molecular formula is C10H20FN. The molecule has 2 heteroatoms. The fourth-order valence-corrected chi connectivity index (χ4v) is 1.83. The lowest BCUT2D eigenvalue weighted by molar-refractivity contribution is -0.0312. The number of hydrogen-bond acceptors (Lipinski definition) is 1. The van der Waals surface area contributed by atoms with E-state index in [1.165, 1.54) is 0 Å². The van der Waals surface area contributed by atoms with Crippen LogP contribution in [-0.2, 0) is 0 Å². The average Bonchev–Trinajstić information content (AvgIpc) is 1.82. The highest BCUT2D eigenvalue weighted by Gasteiger charge is 2.40. The fourth-order valence-electron chi connectivity index (χ4n) is 1.83. The Labute approximate surface area is 74.9 Å². The summed E-state index contributed by atoms with van der Waals surface area (Å²) >= 11 is 0. The third-order valence-corrected chi connectivity index (χ3v) is 3.07. The van der Waals surface area contributed by atoms with Gasteiger partial charge in [0.2, 0.25) is 0 Å². The van der Waals surface area contributed by atoms with Crippen LogP contribution in [-0.4, -0.2) is 30.7 Å². The minimum Gasteiger partial charge on any atom is -0.299 e. The highest BCUT2D eigenvalue weighted by Crippen LogP contribution is 2.36. The first kappa shape index (κ1) is 9.97. The predicted octanol–water partition coefficient (Wildman–Crippen LogP) is 2.32. The number of rotatable bonds is 3. The highest BCUT2D eigenvalue weighted by atomic mass is 19.1. The van der Waals surface area contributed by atoms with Crippen LogP contribution in [0.3, 0.4) is 0 Å². The first-order valence-corrected chi connectivity index (χ1v) is 4.80. The highest BCUT2D eigenvalue weighted by molar-refractivity contribution is 4.93. The van der Waals surface area contributed by atoms with Gasteiger partial charge in [0.05, 0.1) is 0 Å². The molecule has 1 aliphatic rings. The standard InChI is InChI=1S/C10H20FN/c1-8(2)10(4)6-12(7-10)5-9(3)11/h8-9H,5-7H2,1-4H3. The topological polar surface area (TPSA) is 3.24 Å². The maximum absolute atomic E-state index is 12.6. The van der Waals surface area contributed by atoms with Gasteiger partial charge in [0.25, 0.3) is 0 Å². The van der Waals surface area contributed by atoms with Crippen LogP contribution in [0.4, 0.5) is 4.39 Å². The molecule has 0 amide bonds. The van der Waals surface area contributed by atoms with Crippen molar-refractivity contribution in [2.24, 2.45) is 11.3 Å². The summed E-state index contributed by atoms with van der Waals surface area (Å²) in [6.07, 6.45) is -0.679. The number of nitrogens with zero attached hydrogens (tertiary/aromatic N) is 1. The summed E-state index contributed by atoms with van der Waals surface area (Å²) in [7, 11) is 0. The van der Waals surface area contributed by atoms with Gasteiger partial charge in [-0.15, -0.1) is 0 Å². The van der Waals surface area contributed by atoms with E-state index in [1.54, 1.807) is 6.92 Å². The Kier molecular flexibility index (Phi) is 2.77. The molecule has 1 nitrogen and oxygen atoms in total. The minimum absolute atomic E-state index is 0.439. The zero-order chi connectivity index (χ0) is 9.35. The molecule has 0 saturated carbocycles. The first-order valence-electron chi connectivity index (χ1n) is 4.80. The molecule has 1 rings (SSSR count). The Morgan fingerprint density at radius 2 is 1.83 bits per heavy atom. The van der Waals surface area contributed by atoms with Gasteiger partial charge in [-0.05, 0) is 18.3 Å². The Hall–Kier alpha value is -0.110. The maximum atomic E-state index is 12.6. The van der Waals surface area contributed by atoms with Gasteiger partial charge < -0.3 is 0 Å². The van der Waals surface area contributed by atoms with E-state index in [2.05, 4.69) is 25.7 Å². The lowest BCUT2D eigenvalue weighted by Gasteiger charge is -2.51. The van der Waals surface area contributed by atoms with Crippen molar-refractivity contribution in [3.8, 4) is 0 Å². The van der Waals surface area contributed by atoms with E-state index < -0.39 is 6.17 Å². The van der Waals surface area contributed by atoms with Crippen molar-refractivity contribution in [2.45, 2.75) is 33.9 Å². The second-order valence-corrected chi connectivity index (χ2v) is 4.76. The second-order valence-electron chi connectivity index (χ2n) is 4.76. The van der Waals surface area contributed by atoms with Gasteiger partial charge in [0, 0.05) is 19.6 Å². The van der Waals surface area contributed by atoms with E-state index >= 15 is 0 Å². The van der Waals surface area contributed by atoms with Gasteiger partial charge in [-0.1, -0.05) is 20.8 Å². The molecule has 1 fully saturated rings. The van der Waals surface area contributed by atoms with Gasteiger partial charge in [-0.25, -0.2) is 4.39 Å². The molecule has 1 atom stereocenters. The van der Waals surface area contributed by atoms with Crippen LogP contribution >= 0.6 is 0 Å².